The summed E-state index contributed by atoms with van der Waals surface area (Å²) in [6.45, 7) is 9.27. The SMILES string of the molecule is CC(C)(N)C(=O)N1CCN(C(=O)Nc2ccn(-c3ccc(CCCN4CC5C(CN)C5C4)cc3)c(=O)n2)CC1.Cl. The van der Waals surface area contributed by atoms with Crippen LogP contribution in [0.3, 0.4) is 0 Å². The Morgan fingerprint density at radius 3 is 2.23 bits per heavy atom. The molecule has 0 radical (unpaired) electrons. The van der Waals surface area contributed by atoms with E-state index in [-0.39, 0.29) is 30.2 Å². The number of amides is 3. The van der Waals surface area contributed by atoms with Gasteiger partial charge in [-0.1, -0.05) is 12.1 Å². The van der Waals surface area contributed by atoms with Gasteiger partial charge >= 0.3 is 11.7 Å². The molecule has 2 atom stereocenters. The summed E-state index contributed by atoms with van der Waals surface area (Å²) in [4.78, 5) is 47.6. The van der Waals surface area contributed by atoms with Gasteiger partial charge < -0.3 is 26.2 Å². The second-order valence-corrected chi connectivity index (χ2v) is 11.7. The topological polar surface area (TPSA) is 143 Å². The minimum Gasteiger partial charge on any atom is -0.338 e. The molecular weight excluding hydrogens is 532 g/mol. The quantitative estimate of drug-likeness (QED) is 0.430. The fraction of sp³-hybridized carbons (Fsp3) is 0.571. The number of carbonyl (C=O) groups excluding carboxylic acids is 2. The summed E-state index contributed by atoms with van der Waals surface area (Å²) in [6.07, 6.45) is 3.72. The van der Waals surface area contributed by atoms with Crippen molar-refractivity contribution in [1.82, 2.24) is 24.3 Å². The van der Waals surface area contributed by atoms with E-state index in [9.17, 15) is 14.4 Å². The molecule has 218 valence electrons. The van der Waals surface area contributed by atoms with Crippen molar-refractivity contribution in [2.45, 2.75) is 32.2 Å². The molecule has 1 saturated carbocycles. The number of aryl methyl sites for hydroxylation is 1. The number of piperidine rings is 1. The molecule has 0 spiro atoms. The number of carbonyl (C=O) groups is 2. The number of halogens is 1. The smallest absolute Gasteiger partial charge is 0.338 e. The number of hydrogen-bond acceptors (Lipinski definition) is 7. The van der Waals surface area contributed by atoms with Gasteiger partial charge in [0.2, 0.25) is 5.91 Å². The van der Waals surface area contributed by atoms with Crippen molar-refractivity contribution in [2.24, 2.45) is 29.2 Å². The molecule has 1 aromatic carbocycles. The van der Waals surface area contributed by atoms with Crippen molar-refractivity contribution in [3.05, 3.63) is 52.6 Å². The third-order valence-corrected chi connectivity index (χ3v) is 8.32. The second kappa shape index (κ2) is 12.3. The summed E-state index contributed by atoms with van der Waals surface area (Å²) in [6, 6.07) is 9.22. The van der Waals surface area contributed by atoms with Crippen molar-refractivity contribution in [2.75, 3.05) is 57.7 Å². The van der Waals surface area contributed by atoms with Crippen molar-refractivity contribution < 1.29 is 9.59 Å². The molecule has 2 unspecified atom stereocenters. The zero-order valence-corrected chi connectivity index (χ0v) is 24.1. The lowest BCUT2D eigenvalue weighted by atomic mass is 10.1. The number of fused-ring (bicyclic) bond motifs is 1. The highest BCUT2D eigenvalue weighted by molar-refractivity contribution is 5.89. The number of hydrogen-bond donors (Lipinski definition) is 3. The van der Waals surface area contributed by atoms with E-state index in [0.717, 1.165) is 49.4 Å². The van der Waals surface area contributed by atoms with Gasteiger partial charge in [0, 0.05) is 45.5 Å². The van der Waals surface area contributed by atoms with Gasteiger partial charge in [-0.3, -0.25) is 14.7 Å². The molecule has 3 amide bonds. The first-order chi connectivity index (χ1) is 18.6. The average Bonchev–Trinajstić information content (AvgIpc) is 3.40. The van der Waals surface area contributed by atoms with Crippen LogP contribution < -0.4 is 22.5 Å². The van der Waals surface area contributed by atoms with Gasteiger partial charge in [0.15, 0.2) is 0 Å². The van der Waals surface area contributed by atoms with Crippen LogP contribution in [-0.4, -0.2) is 94.1 Å². The molecule has 3 heterocycles. The predicted octanol–water partition coefficient (Wildman–Crippen LogP) is 1.14. The lowest BCUT2D eigenvalue weighted by Crippen LogP contribution is -2.58. The van der Waals surface area contributed by atoms with Gasteiger partial charge in [-0.25, -0.2) is 9.59 Å². The summed E-state index contributed by atoms with van der Waals surface area (Å²) < 4.78 is 1.46. The molecule has 11 nitrogen and oxygen atoms in total. The Balaban J connectivity index is 0.00000370. The van der Waals surface area contributed by atoms with Gasteiger partial charge in [-0.05, 0) is 81.3 Å². The van der Waals surface area contributed by atoms with E-state index in [1.807, 2.05) is 12.1 Å². The molecule has 1 aliphatic carbocycles. The van der Waals surface area contributed by atoms with E-state index >= 15 is 0 Å². The number of benzene rings is 1. The first-order valence-corrected chi connectivity index (χ1v) is 13.9. The third-order valence-electron chi connectivity index (χ3n) is 8.32. The van der Waals surface area contributed by atoms with Gasteiger partial charge in [0.25, 0.3) is 0 Å². The molecule has 0 bridgehead atoms. The van der Waals surface area contributed by atoms with Gasteiger partial charge in [-0.2, -0.15) is 4.98 Å². The number of rotatable bonds is 8. The van der Waals surface area contributed by atoms with Crippen molar-refractivity contribution >= 4 is 30.2 Å². The van der Waals surface area contributed by atoms with Crippen LogP contribution in [0, 0.1) is 17.8 Å². The van der Waals surface area contributed by atoms with Crippen LogP contribution in [0.4, 0.5) is 10.6 Å². The van der Waals surface area contributed by atoms with E-state index in [4.69, 9.17) is 11.5 Å². The first kappa shape index (κ1) is 30.0. The average molecular weight is 573 g/mol. The number of anilines is 1. The molecule has 2 aliphatic heterocycles. The highest BCUT2D eigenvalue weighted by Gasteiger charge is 2.54. The summed E-state index contributed by atoms with van der Waals surface area (Å²) in [7, 11) is 0. The minimum atomic E-state index is -0.943. The molecule has 1 aromatic heterocycles. The lowest BCUT2D eigenvalue weighted by molar-refractivity contribution is -0.137. The fourth-order valence-electron chi connectivity index (χ4n) is 5.98. The highest BCUT2D eigenvalue weighted by Crippen LogP contribution is 2.50. The van der Waals surface area contributed by atoms with Crippen molar-refractivity contribution in [3.63, 3.8) is 0 Å². The maximum Gasteiger partial charge on any atom is 0.354 e. The van der Waals surface area contributed by atoms with Crippen molar-refractivity contribution in [1.29, 1.82) is 0 Å². The Morgan fingerprint density at radius 1 is 1.02 bits per heavy atom. The molecule has 40 heavy (non-hydrogen) atoms. The highest BCUT2D eigenvalue weighted by atomic mass is 35.5. The number of nitrogens with zero attached hydrogens (tertiary/aromatic N) is 5. The van der Waals surface area contributed by atoms with Crippen molar-refractivity contribution in [3.8, 4) is 5.69 Å². The number of piperazine rings is 1. The van der Waals surface area contributed by atoms with Gasteiger partial charge in [0.05, 0.1) is 11.2 Å². The van der Waals surface area contributed by atoms with Crippen LogP contribution in [0.5, 0.6) is 0 Å². The van der Waals surface area contributed by atoms with Crippen LogP contribution in [0.2, 0.25) is 0 Å². The number of urea groups is 1. The number of aromatic nitrogens is 2. The normalized spacial score (nSPS) is 22.4. The summed E-state index contributed by atoms with van der Waals surface area (Å²) in [5.74, 6) is 2.48. The second-order valence-electron chi connectivity index (χ2n) is 11.7. The summed E-state index contributed by atoms with van der Waals surface area (Å²) in [5, 5.41) is 2.70. The fourth-order valence-corrected chi connectivity index (χ4v) is 5.98. The standard InChI is InChI=1S/C28H40N8O3.ClH/c1-28(2,30)25(37)34-12-14-35(15-13-34)26(38)31-24-9-11-36(27(39)32-24)20-7-5-19(6-8-20)4-3-10-33-17-22-21(16-29)23(22)18-33;/h5-9,11,21-23H,3-4,10,12-18,29-30H2,1-2H3,(H,31,32,38,39);1H. The Kier molecular flexibility index (Phi) is 9.19. The van der Waals surface area contributed by atoms with Crippen LogP contribution >= 0.6 is 12.4 Å². The molecule has 2 aromatic rings. The predicted molar refractivity (Wildman–Crippen MR) is 157 cm³/mol. The maximum absolute atomic E-state index is 12.7. The molecule has 3 aliphatic rings. The van der Waals surface area contributed by atoms with E-state index < -0.39 is 11.2 Å². The van der Waals surface area contributed by atoms with Gasteiger partial charge in [-0.15, -0.1) is 12.4 Å². The number of nitrogens with one attached hydrogen (secondary N) is 1. The van der Waals surface area contributed by atoms with E-state index in [2.05, 4.69) is 27.3 Å². The minimum absolute atomic E-state index is 0. The number of nitrogens with two attached hydrogens (primary N) is 2. The van der Waals surface area contributed by atoms with Crippen LogP contribution in [0.1, 0.15) is 25.8 Å². The largest absolute Gasteiger partial charge is 0.354 e. The first-order valence-electron chi connectivity index (χ1n) is 13.9. The van der Waals surface area contributed by atoms with E-state index in [0.29, 0.717) is 26.2 Å². The summed E-state index contributed by atoms with van der Waals surface area (Å²) in [5.41, 5.74) is 12.3. The molecule has 3 fully saturated rings. The maximum atomic E-state index is 12.7. The lowest BCUT2D eigenvalue weighted by Gasteiger charge is -2.37. The molecule has 5 N–H and O–H groups in total. The number of likely N-dealkylation sites (tertiary alicyclic amines) is 1. The zero-order chi connectivity index (χ0) is 27.7. The van der Waals surface area contributed by atoms with E-state index in [1.165, 1.54) is 23.2 Å². The molecule has 12 heteroatoms. The van der Waals surface area contributed by atoms with E-state index in [1.54, 1.807) is 35.9 Å². The zero-order valence-electron chi connectivity index (χ0n) is 23.3. The van der Waals surface area contributed by atoms with Crippen LogP contribution in [0.25, 0.3) is 5.69 Å². The Bertz CT molecular complexity index is 1240. The van der Waals surface area contributed by atoms with Crippen LogP contribution in [0.15, 0.2) is 41.3 Å². The summed E-state index contributed by atoms with van der Waals surface area (Å²) >= 11 is 0. The van der Waals surface area contributed by atoms with Gasteiger partial charge in [0.1, 0.15) is 5.82 Å². The molecular formula is C28H41ClN8O3. The Morgan fingerprint density at radius 2 is 1.65 bits per heavy atom. The molecule has 2 saturated heterocycles. The Hall–Kier alpha value is -2.99. The van der Waals surface area contributed by atoms with Crippen LogP contribution in [-0.2, 0) is 11.2 Å². The third kappa shape index (κ3) is 6.65. The Labute approximate surface area is 241 Å². The monoisotopic (exact) mass is 572 g/mol. The molecule has 5 rings (SSSR count).